The van der Waals surface area contributed by atoms with Crippen molar-refractivity contribution >= 4 is 42.8 Å². The van der Waals surface area contributed by atoms with Crippen LogP contribution in [0.25, 0.3) is 0 Å². The molecule has 0 bridgehead atoms. The number of hydrogen-bond acceptors (Lipinski definition) is 2. The number of hydrogen-bond donors (Lipinski definition) is 0. The van der Waals surface area contributed by atoms with E-state index in [0.717, 1.165) is 0 Å². The minimum atomic E-state index is -1.09. The average molecular weight is 249 g/mol. The van der Waals surface area contributed by atoms with Gasteiger partial charge in [0.2, 0.25) is 0 Å². The van der Waals surface area contributed by atoms with Crippen LogP contribution in [0.4, 0.5) is 0 Å². The van der Waals surface area contributed by atoms with Crippen LogP contribution in [0.5, 0.6) is 0 Å². The summed E-state index contributed by atoms with van der Waals surface area (Å²) >= 11 is -1.09. The monoisotopic (exact) mass is 248 g/mol. The van der Waals surface area contributed by atoms with Gasteiger partial charge >= 0.3 is 54.3 Å². The van der Waals surface area contributed by atoms with E-state index in [1.807, 2.05) is 17.7 Å². The zero-order valence-electron chi connectivity index (χ0n) is 3.06. The third-order valence-corrected chi connectivity index (χ3v) is 16.7. The molecule has 36 valence electrons. The Morgan fingerprint density at radius 1 is 1.33 bits per heavy atom. The van der Waals surface area contributed by atoms with Gasteiger partial charge in [-0.3, -0.25) is 0 Å². The van der Waals surface area contributed by atoms with Crippen molar-refractivity contribution in [2.45, 2.75) is 0 Å². The predicted octanol–water partition coefficient (Wildman–Crippen LogP) is 1.69. The van der Waals surface area contributed by atoms with Crippen LogP contribution in [0.3, 0.4) is 0 Å². The summed E-state index contributed by atoms with van der Waals surface area (Å²) in [6, 6.07) is 0. The van der Waals surface area contributed by atoms with Crippen molar-refractivity contribution < 1.29 is 0 Å². The van der Waals surface area contributed by atoms with Gasteiger partial charge in [0.15, 0.2) is 0 Å². The molecule has 1 fully saturated rings. The molecule has 1 rings (SSSR count). The Labute approximate surface area is 53.8 Å². The summed E-state index contributed by atoms with van der Waals surface area (Å²) in [5.74, 6) is 2.63. The van der Waals surface area contributed by atoms with E-state index >= 15 is 0 Å². The van der Waals surface area contributed by atoms with Crippen LogP contribution >= 0.6 is 26.5 Å². The Kier molecular flexibility index (Phi) is 2.93. The second kappa shape index (κ2) is 2.96. The maximum absolute atomic E-state index is 5.82. The molecule has 0 aromatic heterocycles. The molecule has 0 atom stereocenters. The standard InChI is InChI=1S/C2H6S2.ClH.Sb/c3-1-2-4;;/h3-4H,1-2H2;1H;/q;;+3/p-3. The fourth-order valence-corrected chi connectivity index (χ4v) is 15.4. The van der Waals surface area contributed by atoms with Gasteiger partial charge in [0.1, 0.15) is 0 Å². The molecule has 1 aliphatic rings. The Morgan fingerprint density at radius 3 is 2.00 bits per heavy atom. The van der Waals surface area contributed by atoms with Gasteiger partial charge in [-0.25, -0.2) is 0 Å². The van der Waals surface area contributed by atoms with Crippen molar-refractivity contribution in [1.29, 1.82) is 0 Å². The summed E-state index contributed by atoms with van der Waals surface area (Å²) < 4.78 is 0. The molecule has 0 radical (unpaired) electrons. The van der Waals surface area contributed by atoms with E-state index < -0.39 is 16.3 Å². The Bertz CT molecular complexity index is 44.8. The van der Waals surface area contributed by atoms with E-state index in [9.17, 15) is 0 Å². The van der Waals surface area contributed by atoms with Crippen molar-refractivity contribution in [3.63, 3.8) is 0 Å². The van der Waals surface area contributed by atoms with Crippen molar-refractivity contribution in [2.75, 3.05) is 11.5 Å². The summed E-state index contributed by atoms with van der Waals surface area (Å²) in [6.45, 7) is 0. The maximum atomic E-state index is 5.82. The second-order valence-electron chi connectivity index (χ2n) is 0.879. The predicted molar refractivity (Wildman–Crippen MR) is 36.5 cm³/mol. The Morgan fingerprint density at radius 2 is 1.83 bits per heavy atom. The van der Waals surface area contributed by atoms with Crippen LogP contribution in [0.2, 0.25) is 0 Å². The molecule has 0 aliphatic carbocycles. The first-order valence-electron chi connectivity index (χ1n) is 1.61. The molecule has 6 heavy (non-hydrogen) atoms. The van der Waals surface area contributed by atoms with Crippen LogP contribution in [-0.4, -0.2) is 27.8 Å². The zero-order chi connectivity index (χ0) is 4.41. The Balaban J connectivity index is 2.18. The topological polar surface area (TPSA) is 0 Å². The third-order valence-electron chi connectivity index (χ3n) is 0.469. The molecule has 0 unspecified atom stereocenters. The number of rotatable bonds is 0. The van der Waals surface area contributed by atoms with Gasteiger partial charge in [-0.05, 0) is 0 Å². The molecule has 0 N–H and O–H groups in total. The molecule has 1 saturated heterocycles. The van der Waals surface area contributed by atoms with Crippen LogP contribution < -0.4 is 0 Å². The van der Waals surface area contributed by atoms with E-state index in [2.05, 4.69) is 0 Å². The van der Waals surface area contributed by atoms with Crippen molar-refractivity contribution in [2.24, 2.45) is 0 Å². The molecule has 0 aromatic carbocycles. The van der Waals surface area contributed by atoms with E-state index in [1.54, 1.807) is 0 Å². The van der Waals surface area contributed by atoms with Gasteiger partial charge in [0.25, 0.3) is 0 Å². The summed E-state index contributed by atoms with van der Waals surface area (Å²) in [4.78, 5) is 0. The molecular weight excluding hydrogens is 245 g/mol. The molecule has 4 heteroatoms. The van der Waals surface area contributed by atoms with Gasteiger partial charge in [0, 0.05) is 0 Å². The summed E-state index contributed by atoms with van der Waals surface area (Å²) in [6.07, 6.45) is 0. The molecule has 0 spiro atoms. The molecule has 0 aromatic rings. The first-order valence-corrected chi connectivity index (χ1v) is 13.0. The fraction of sp³-hybridized carbons (Fsp3) is 1.00. The van der Waals surface area contributed by atoms with Gasteiger partial charge in [0.05, 0.1) is 0 Å². The first kappa shape index (κ1) is 5.94. The molecular formula is C2H4ClS2Sb. The number of halogens is 1. The Hall–Kier alpha value is 1.81. The average Bonchev–Trinajstić information content (AvgIpc) is 1.86. The molecule has 1 aliphatic heterocycles. The SMILES string of the molecule is [Cl][Sb]1[S]CC[S]1. The van der Waals surface area contributed by atoms with E-state index in [-0.39, 0.29) is 0 Å². The van der Waals surface area contributed by atoms with Gasteiger partial charge < -0.3 is 0 Å². The summed E-state index contributed by atoms with van der Waals surface area (Å²) in [7, 11) is 9.84. The fourth-order valence-electron chi connectivity index (χ4n) is 0.255. The second-order valence-corrected chi connectivity index (χ2v) is 19.3. The van der Waals surface area contributed by atoms with Crippen molar-refractivity contribution in [3.05, 3.63) is 0 Å². The van der Waals surface area contributed by atoms with Gasteiger partial charge in [-0.15, -0.1) is 0 Å². The third kappa shape index (κ3) is 1.73. The van der Waals surface area contributed by atoms with Crippen molar-refractivity contribution in [1.82, 2.24) is 0 Å². The molecule has 1 heterocycles. The minimum absolute atomic E-state index is 1.09. The summed E-state index contributed by atoms with van der Waals surface area (Å²) in [5.41, 5.74) is 0. The quantitative estimate of drug-likeness (QED) is 0.599. The van der Waals surface area contributed by atoms with Crippen LogP contribution in [0.15, 0.2) is 0 Å². The van der Waals surface area contributed by atoms with Gasteiger partial charge in [-0.2, -0.15) is 0 Å². The molecule has 0 amide bonds. The normalized spacial score (nSPS) is 25.5. The van der Waals surface area contributed by atoms with E-state index in [1.165, 1.54) is 11.5 Å². The van der Waals surface area contributed by atoms with E-state index in [0.29, 0.717) is 0 Å². The van der Waals surface area contributed by atoms with Crippen LogP contribution in [0, 0.1) is 0 Å². The zero-order valence-corrected chi connectivity index (χ0v) is 8.00. The van der Waals surface area contributed by atoms with Crippen LogP contribution in [0.1, 0.15) is 0 Å². The molecule has 0 saturated carbocycles. The van der Waals surface area contributed by atoms with Crippen LogP contribution in [-0.2, 0) is 0 Å². The molecule has 0 nitrogen and oxygen atoms in total. The van der Waals surface area contributed by atoms with E-state index in [4.69, 9.17) is 8.83 Å². The first-order chi connectivity index (χ1) is 2.89. The van der Waals surface area contributed by atoms with Gasteiger partial charge in [-0.1, -0.05) is 0 Å². The summed E-state index contributed by atoms with van der Waals surface area (Å²) in [5, 5.41) is 0. The van der Waals surface area contributed by atoms with Crippen molar-refractivity contribution in [3.8, 4) is 0 Å².